The average molecular weight is 144 g/mol. The summed E-state index contributed by atoms with van der Waals surface area (Å²) in [5.41, 5.74) is 0. The molecule has 0 rings (SSSR count). The van der Waals surface area contributed by atoms with Crippen molar-refractivity contribution in [1.82, 2.24) is 0 Å². The number of hydrogen-bond donors (Lipinski definition) is 1. The largest absolute Gasteiger partial charge is 0.481 e. The van der Waals surface area contributed by atoms with E-state index in [-0.39, 0.29) is 12.7 Å². The molecule has 0 amide bonds. The molecular formula is C6H8O4. The number of aldehydes is 1. The number of carboxylic acids is 1. The van der Waals surface area contributed by atoms with Crippen LogP contribution < -0.4 is 0 Å². The van der Waals surface area contributed by atoms with Crippen molar-refractivity contribution in [2.24, 2.45) is 5.92 Å². The molecule has 0 radical (unpaired) electrons. The van der Waals surface area contributed by atoms with Crippen molar-refractivity contribution < 1.29 is 19.5 Å². The Balaban J connectivity index is 4.20. The minimum atomic E-state index is -1.24. The van der Waals surface area contributed by atoms with Crippen molar-refractivity contribution in [3.8, 4) is 0 Å². The molecule has 0 aromatic carbocycles. The number of carbonyl (C=O) groups is 3. The molecule has 1 unspecified atom stereocenters. The Kier molecular flexibility index (Phi) is 3.32. The Bertz CT molecular complexity index is 161. The van der Waals surface area contributed by atoms with Crippen LogP contribution in [0.1, 0.15) is 13.3 Å². The molecule has 0 spiro atoms. The van der Waals surface area contributed by atoms with Crippen LogP contribution in [0.2, 0.25) is 0 Å². The van der Waals surface area contributed by atoms with E-state index in [0.29, 0.717) is 0 Å². The number of carboxylic acid groups (broad SMARTS) is 1. The van der Waals surface area contributed by atoms with E-state index in [2.05, 4.69) is 0 Å². The van der Waals surface area contributed by atoms with Gasteiger partial charge in [0.15, 0.2) is 6.29 Å². The molecule has 0 fully saturated rings. The van der Waals surface area contributed by atoms with Crippen LogP contribution in [0.4, 0.5) is 0 Å². The van der Waals surface area contributed by atoms with Crippen LogP contribution in [0.5, 0.6) is 0 Å². The van der Waals surface area contributed by atoms with Crippen molar-refractivity contribution in [3.05, 3.63) is 0 Å². The molecular weight excluding hydrogens is 136 g/mol. The summed E-state index contributed by atoms with van der Waals surface area (Å²) in [7, 11) is 0. The summed E-state index contributed by atoms with van der Waals surface area (Å²) >= 11 is 0. The highest BCUT2D eigenvalue weighted by Crippen LogP contribution is 2.01. The van der Waals surface area contributed by atoms with Crippen molar-refractivity contribution in [1.29, 1.82) is 0 Å². The van der Waals surface area contributed by atoms with E-state index in [4.69, 9.17) is 5.11 Å². The number of carbonyl (C=O) groups excluding carboxylic acids is 2. The van der Waals surface area contributed by atoms with Crippen molar-refractivity contribution in [2.75, 3.05) is 0 Å². The van der Waals surface area contributed by atoms with E-state index in [1.54, 1.807) is 6.92 Å². The van der Waals surface area contributed by atoms with Gasteiger partial charge in [0.05, 0.1) is 0 Å². The summed E-state index contributed by atoms with van der Waals surface area (Å²) in [5, 5.41) is 8.30. The van der Waals surface area contributed by atoms with Crippen molar-refractivity contribution in [2.45, 2.75) is 13.3 Å². The van der Waals surface area contributed by atoms with Gasteiger partial charge in [0, 0.05) is 0 Å². The second kappa shape index (κ2) is 3.76. The van der Waals surface area contributed by atoms with Crippen molar-refractivity contribution in [3.63, 3.8) is 0 Å². The molecule has 1 N–H and O–H groups in total. The molecule has 0 aliphatic carbocycles. The average Bonchev–Trinajstić information content (AvgIpc) is 1.88. The number of rotatable bonds is 4. The number of Topliss-reactive ketones (excluding diaryl/α,β-unsaturated/α-hetero) is 1. The lowest BCUT2D eigenvalue weighted by atomic mass is 10.0. The Morgan fingerprint density at radius 3 is 2.20 bits per heavy atom. The zero-order valence-corrected chi connectivity index (χ0v) is 5.53. The number of ketones is 1. The fourth-order valence-corrected chi connectivity index (χ4v) is 0.580. The molecule has 0 aliphatic rings. The lowest BCUT2D eigenvalue weighted by molar-refractivity contribution is -0.148. The van der Waals surface area contributed by atoms with Crippen LogP contribution in [0.15, 0.2) is 0 Å². The van der Waals surface area contributed by atoms with Crippen LogP contribution >= 0.6 is 0 Å². The zero-order chi connectivity index (χ0) is 8.15. The molecule has 56 valence electrons. The second-order valence-electron chi connectivity index (χ2n) is 1.82. The third kappa shape index (κ3) is 1.97. The molecule has 4 nitrogen and oxygen atoms in total. The van der Waals surface area contributed by atoms with Gasteiger partial charge >= 0.3 is 5.97 Å². The summed E-state index contributed by atoms with van der Waals surface area (Å²) in [5.74, 6) is -3.26. The number of hydrogen-bond acceptors (Lipinski definition) is 3. The second-order valence-corrected chi connectivity index (χ2v) is 1.82. The Hall–Kier alpha value is -1.19. The first kappa shape index (κ1) is 8.81. The first-order valence-electron chi connectivity index (χ1n) is 2.85. The molecule has 0 aromatic heterocycles. The maximum absolute atomic E-state index is 10.4. The van der Waals surface area contributed by atoms with Crippen molar-refractivity contribution >= 4 is 18.0 Å². The molecule has 0 saturated heterocycles. The van der Waals surface area contributed by atoms with Gasteiger partial charge < -0.3 is 5.11 Å². The molecule has 4 heteroatoms. The Morgan fingerprint density at radius 1 is 1.60 bits per heavy atom. The zero-order valence-electron chi connectivity index (χ0n) is 5.53. The number of aliphatic carboxylic acids is 1. The predicted molar refractivity (Wildman–Crippen MR) is 32.5 cm³/mol. The van der Waals surface area contributed by atoms with Crippen LogP contribution in [-0.4, -0.2) is 23.1 Å². The summed E-state index contributed by atoms with van der Waals surface area (Å²) in [6.45, 7) is 1.54. The molecule has 10 heavy (non-hydrogen) atoms. The maximum atomic E-state index is 10.4. The first-order valence-corrected chi connectivity index (χ1v) is 2.85. The molecule has 0 aliphatic heterocycles. The topological polar surface area (TPSA) is 71.4 Å². The van der Waals surface area contributed by atoms with Gasteiger partial charge in [0.25, 0.3) is 0 Å². The third-order valence-electron chi connectivity index (χ3n) is 1.17. The molecule has 0 bridgehead atoms. The van der Waals surface area contributed by atoms with Gasteiger partial charge in [-0.1, -0.05) is 6.92 Å². The minimum Gasteiger partial charge on any atom is -0.481 e. The van der Waals surface area contributed by atoms with E-state index >= 15 is 0 Å². The Morgan fingerprint density at radius 2 is 2.10 bits per heavy atom. The van der Waals surface area contributed by atoms with Gasteiger partial charge in [-0.2, -0.15) is 0 Å². The van der Waals surface area contributed by atoms with Gasteiger partial charge in [-0.15, -0.1) is 0 Å². The Labute approximate surface area is 57.8 Å². The SMILES string of the molecule is CCC(C(=O)O)C(=O)C=O. The predicted octanol–water partition coefficient (Wildman–Crippen LogP) is -0.135. The maximum Gasteiger partial charge on any atom is 0.314 e. The summed E-state index contributed by atoms with van der Waals surface area (Å²) in [6, 6.07) is 0. The first-order chi connectivity index (χ1) is 4.63. The fourth-order valence-electron chi connectivity index (χ4n) is 0.580. The van der Waals surface area contributed by atoms with Crippen LogP contribution in [0.3, 0.4) is 0 Å². The third-order valence-corrected chi connectivity index (χ3v) is 1.17. The van der Waals surface area contributed by atoms with Crippen LogP contribution in [0, 0.1) is 5.92 Å². The summed E-state index contributed by atoms with van der Waals surface area (Å²) in [4.78, 5) is 30.4. The standard InChI is InChI=1S/C6H8O4/c1-2-4(6(9)10)5(8)3-7/h3-4H,2H2,1H3,(H,9,10). The van der Waals surface area contributed by atoms with Gasteiger partial charge in [-0.05, 0) is 6.42 Å². The van der Waals surface area contributed by atoms with Gasteiger partial charge in [-0.25, -0.2) is 0 Å². The monoisotopic (exact) mass is 144 g/mol. The van der Waals surface area contributed by atoms with Gasteiger partial charge in [0.2, 0.25) is 5.78 Å². The van der Waals surface area contributed by atoms with E-state index in [9.17, 15) is 14.4 Å². The molecule has 0 saturated carbocycles. The highest BCUT2D eigenvalue weighted by atomic mass is 16.4. The summed E-state index contributed by atoms with van der Waals surface area (Å²) in [6.07, 6.45) is 0.204. The molecule has 0 aromatic rings. The van der Waals surface area contributed by atoms with Gasteiger partial charge in [-0.3, -0.25) is 14.4 Å². The molecule has 0 heterocycles. The smallest absolute Gasteiger partial charge is 0.314 e. The van der Waals surface area contributed by atoms with E-state index < -0.39 is 17.7 Å². The lowest BCUT2D eigenvalue weighted by Crippen LogP contribution is -2.23. The minimum absolute atomic E-state index is 0.0439. The highest BCUT2D eigenvalue weighted by molar-refractivity contribution is 6.30. The highest BCUT2D eigenvalue weighted by Gasteiger charge is 2.22. The molecule has 1 atom stereocenters. The summed E-state index contributed by atoms with van der Waals surface area (Å²) < 4.78 is 0. The van der Waals surface area contributed by atoms with Crippen LogP contribution in [0.25, 0.3) is 0 Å². The van der Waals surface area contributed by atoms with E-state index in [1.807, 2.05) is 0 Å². The van der Waals surface area contributed by atoms with Crippen LogP contribution in [-0.2, 0) is 14.4 Å². The van der Waals surface area contributed by atoms with E-state index in [1.165, 1.54) is 0 Å². The quantitative estimate of drug-likeness (QED) is 0.339. The van der Waals surface area contributed by atoms with E-state index in [0.717, 1.165) is 0 Å². The van der Waals surface area contributed by atoms with Gasteiger partial charge in [0.1, 0.15) is 5.92 Å². The normalized spacial score (nSPS) is 12.1. The lowest BCUT2D eigenvalue weighted by Gasteiger charge is -2.00. The fraction of sp³-hybridized carbons (Fsp3) is 0.500.